The summed E-state index contributed by atoms with van der Waals surface area (Å²) in [7, 11) is 0. The maximum Gasteiger partial charge on any atom is 0.333 e. The van der Waals surface area contributed by atoms with E-state index in [1.807, 2.05) is 20.8 Å². The molecule has 0 N–H and O–H groups in total. The first-order chi connectivity index (χ1) is 12.4. The Balaban J connectivity index is 0.000000227. The number of hydrogen-bond acceptors (Lipinski definition) is 4. The molecule has 0 aromatic carbocycles. The maximum absolute atomic E-state index is 11.5. The second-order valence-electron chi connectivity index (χ2n) is 10.1. The average molecular weight is 377 g/mol. The van der Waals surface area contributed by atoms with E-state index in [1.165, 1.54) is 38.5 Å². The van der Waals surface area contributed by atoms with Crippen molar-refractivity contribution in [2.75, 3.05) is 6.61 Å². The van der Waals surface area contributed by atoms with E-state index in [9.17, 15) is 9.59 Å². The Labute approximate surface area is 164 Å². The van der Waals surface area contributed by atoms with Gasteiger partial charge in [0.25, 0.3) is 0 Å². The molecule has 0 unspecified atom stereocenters. The number of hydrogen-bond donors (Lipinski definition) is 0. The molecule has 4 nitrogen and oxygen atoms in total. The highest BCUT2D eigenvalue weighted by molar-refractivity contribution is 5.87. The van der Waals surface area contributed by atoms with Gasteiger partial charge < -0.3 is 9.47 Å². The Hall–Kier alpha value is -1.58. The summed E-state index contributed by atoms with van der Waals surface area (Å²) >= 11 is 0. The molecule has 152 valence electrons. The van der Waals surface area contributed by atoms with E-state index >= 15 is 0 Å². The lowest BCUT2D eigenvalue weighted by molar-refractivity contribution is -0.151. The molecular formula is C23H36O4. The van der Waals surface area contributed by atoms with Crippen LogP contribution < -0.4 is 0 Å². The van der Waals surface area contributed by atoms with Gasteiger partial charge in [0, 0.05) is 16.6 Å². The smallest absolute Gasteiger partial charge is 0.333 e. The van der Waals surface area contributed by atoms with Gasteiger partial charge in [-0.15, -0.1) is 0 Å². The normalized spacial score (nSPS) is 30.8. The molecule has 4 aliphatic carbocycles. The van der Waals surface area contributed by atoms with Gasteiger partial charge in [0.1, 0.15) is 5.60 Å². The maximum atomic E-state index is 11.5. The second-order valence-corrected chi connectivity index (χ2v) is 10.1. The zero-order chi connectivity index (χ0) is 20.4. The molecule has 4 heteroatoms. The van der Waals surface area contributed by atoms with Crippen LogP contribution in [0.15, 0.2) is 24.3 Å². The largest absolute Gasteiger partial charge is 0.462 e. The van der Waals surface area contributed by atoms with E-state index < -0.39 is 5.60 Å². The van der Waals surface area contributed by atoms with Crippen LogP contribution in [0.5, 0.6) is 0 Å². The third kappa shape index (κ3) is 6.22. The van der Waals surface area contributed by atoms with Crippen molar-refractivity contribution in [3.05, 3.63) is 24.3 Å². The zero-order valence-corrected chi connectivity index (χ0v) is 17.7. The molecule has 0 aromatic rings. The fourth-order valence-corrected chi connectivity index (χ4v) is 5.17. The van der Waals surface area contributed by atoms with Crippen LogP contribution in [-0.4, -0.2) is 24.1 Å². The van der Waals surface area contributed by atoms with Crippen molar-refractivity contribution in [2.45, 2.75) is 78.7 Å². The van der Waals surface area contributed by atoms with Crippen LogP contribution in [0, 0.1) is 23.2 Å². The Morgan fingerprint density at radius 2 is 1.30 bits per heavy atom. The number of ether oxygens (including phenoxy) is 2. The lowest BCUT2D eigenvalue weighted by atomic mass is 9.50. The molecular weight excluding hydrogens is 340 g/mol. The minimum atomic E-state index is -0.407. The summed E-state index contributed by atoms with van der Waals surface area (Å²) in [4.78, 5) is 22.4. The predicted octanol–water partition coefficient (Wildman–Crippen LogP) is 5.23. The first-order valence-corrected chi connectivity index (χ1v) is 10.1. The van der Waals surface area contributed by atoms with Gasteiger partial charge in [-0.25, -0.2) is 9.59 Å². The highest BCUT2D eigenvalue weighted by atomic mass is 16.6. The fourth-order valence-electron chi connectivity index (χ4n) is 5.17. The van der Waals surface area contributed by atoms with Gasteiger partial charge in [0.2, 0.25) is 0 Å². The lowest BCUT2D eigenvalue weighted by Crippen LogP contribution is -2.48. The van der Waals surface area contributed by atoms with E-state index in [1.54, 1.807) is 13.8 Å². The van der Waals surface area contributed by atoms with Crippen molar-refractivity contribution in [1.82, 2.24) is 0 Å². The summed E-state index contributed by atoms with van der Waals surface area (Å²) in [6.07, 6.45) is 8.20. The monoisotopic (exact) mass is 376 g/mol. The Bertz CT molecular complexity index is 573. The van der Waals surface area contributed by atoms with Gasteiger partial charge in [0.05, 0.1) is 6.61 Å². The predicted molar refractivity (Wildman–Crippen MR) is 107 cm³/mol. The van der Waals surface area contributed by atoms with Gasteiger partial charge in [-0.3, -0.25) is 0 Å². The summed E-state index contributed by atoms with van der Waals surface area (Å²) in [5.74, 6) is 2.23. The van der Waals surface area contributed by atoms with Crippen LogP contribution >= 0.6 is 0 Å². The first-order valence-electron chi connectivity index (χ1n) is 10.1. The van der Waals surface area contributed by atoms with Crippen LogP contribution in [-0.2, 0) is 19.1 Å². The number of rotatable bonds is 4. The number of carbonyl (C=O) groups excluding carboxylic acids is 2. The van der Waals surface area contributed by atoms with E-state index in [-0.39, 0.29) is 11.9 Å². The third-order valence-electron chi connectivity index (χ3n) is 5.77. The summed E-state index contributed by atoms with van der Waals surface area (Å²) in [6.45, 7) is 16.6. The van der Waals surface area contributed by atoms with Crippen molar-refractivity contribution >= 4 is 11.9 Å². The van der Waals surface area contributed by atoms with E-state index in [0.29, 0.717) is 23.2 Å². The molecule has 0 aliphatic heterocycles. The van der Waals surface area contributed by atoms with Crippen molar-refractivity contribution in [2.24, 2.45) is 23.2 Å². The van der Waals surface area contributed by atoms with Crippen molar-refractivity contribution in [1.29, 1.82) is 0 Å². The van der Waals surface area contributed by atoms with Gasteiger partial charge in [-0.05, 0) is 90.9 Å². The topological polar surface area (TPSA) is 52.6 Å². The quantitative estimate of drug-likeness (QED) is 0.498. The molecule has 0 aromatic heterocycles. The zero-order valence-electron chi connectivity index (χ0n) is 17.7. The second kappa shape index (κ2) is 8.20. The molecule has 0 atom stereocenters. The summed E-state index contributed by atoms with van der Waals surface area (Å²) < 4.78 is 10.4. The van der Waals surface area contributed by atoms with Gasteiger partial charge >= 0.3 is 11.9 Å². The molecule has 4 saturated carbocycles. The number of esters is 2. The summed E-state index contributed by atoms with van der Waals surface area (Å²) in [5, 5.41) is 0. The molecule has 4 aliphatic rings. The minimum absolute atomic E-state index is 0.208. The third-order valence-corrected chi connectivity index (χ3v) is 5.77. The van der Waals surface area contributed by atoms with E-state index in [0.717, 1.165) is 17.8 Å². The van der Waals surface area contributed by atoms with Gasteiger partial charge in [-0.1, -0.05) is 13.2 Å². The van der Waals surface area contributed by atoms with E-state index in [2.05, 4.69) is 13.2 Å². The van der Waals surface area contributed by atoms with Crippen molar-refractivity contribution in [3.63, 3.8) is 0 Å². The highest BCUT2D eigenvalue weighted by Gasteiger charge is 2.51. The lowest BCUT2D eigenvalue weighted by Gasteiger charge is -2.56. The van der Waals surface area contributed by atoms with Crippen LogP contribution in [0.1, 0.15) is 73.1 Å². The van der Waals surface area contributed by atoms with Gasteiger partial charge in [-0.2, -0.15) is 0 Å². The molecule has 0 amide bonds. The van der Waals surface area contributed by atoms with Crippen LogP contribution in [0.25, 0.3) is 0 Å². The molecule has 0 heterocycles. The van der Waals surface area contributed by atoms with Crippen LogP contribution in [0.3, 0.4) is 0 Å². The Morgan fingerprint density at radius 1 is 0.889 bits per heavy atom. The number of carbonyl (C=O) groups is 2. The molecule has 0 radical (unpaired) electrons. The first kappa shape index (κ1) is 21.7. The van der Waals surface area contributed by atoms with Crippen LogP contribution in [0.2, 0.25) is 0 Å². The minimum Gasteiger partial charge on any atom is -0.462 e. The molecule has 27 heavy (non-hydrogen) atoms. The summed E-state index contributed by atoms with van der Waals surface area (Å²) in [6, 6.07) is 0. The SMILES string of the molecule is C=C(C)C(=O)OC(C)(C)C.C=C(C)C(=O)OCC12CC3CC(CC(C3)C1)C2. The fraction of sp³-hybridized carbons (Fsp3) is 0.739. The standard InChI is InChI=1S/C15H22O2.C8H14O2/c1-10(2)14(16)17-9-15-6-11-3-12(7-15)5-13(4-11)8-15;1-6(2)7(9)10-8(3,4)5/h11-13H,1,3-9H2,2H3;1H2,2-5H3. The molecule has 0 saturated heterocycles. The molecule has 4 rings (SSSR count). The van der Waals surface area contributed by atoms with Gasteiger partial charge in [0.15, 0.2) is 0 Å². The molecule has 0 spiro atoms. The molecule has 4 fully saturated rings. The highest BCUT2D eigenvalue weighted by Crippen LogP contribution is 2.60. The van der Waals surface area contributed by atoms with E-state index in [4.69, 9.17) is 9.47 Å². The Morgan fingerprint density at radius 3 is 1.59 bits per heavy atom. The van der Waals surface area contributed by atoms with Crippen molar-refractivity contribution in [3.8, 4) is 0 Å². The Kier molecular flexibility index (Phi) is 6.59. The van der Waals surface area contributed by atoms with Crippen LogP contribution in [0.4, 0.5) is 0 Å². The summed E-state index contributed by atoms with van der Waals surface area (Å²) in [5.41, 5.74) is 0.889. The average Bonchev–Trinajstić information content (AvgIpc) is 2.50. The van der Waals surface area contributed by atoms with Crippen molar-refractivity contribution < 1.29 is 19.1 Å². The molecule has 4 bridgehead atoms.